The molecule has 2 aromatic carbocycles. The summed E-state index contributed by atoms with van der Waals surface area (Å²) in [5, 5.41) is 5.30. The summed E-state index contributed by atoms with van der Waals surface area (Å²) in [6, 6.07) is 12.8. The molecule has 34 heavy (non-hydrogen) atoms. The fourth-order valence-corrected chi connectivity index (χ4v) is 3.15. The van der Waals surface area contributed by atoms with Gasteiger partial charge in [-0.15, -0.1) is 0 Å². The molecule has 7 nitrogen and oxygen atoms in total. The third-order valence-corrected chi connectivity index (χ3v) is 4.60. The standard InChI is InChI=1S/C26H33FN2O5/c1-17(2)33-24(31)22(16-19-11-13-20(27)14-12-19)28-23(30)21(15-18-9-7-6-8-10-18)29-25(32)34-26(3,4)5/h6-14,17,21-22H,15-16H2,1-5H3,(H,28,30)(H,29,32). The Balaban J connectivity index is 2.23. The van der Waals surface area contributed by atoms with E-state index in [1.807, 2.05) is 30.3 Å². The Kier molecular flexibility index (Phi) is 9.59. The molecule has 2 N–H and O–H groups in total. The minimum absolute atomic E-state index is 0.0993. The van der Waals surface area contributed by atoms with Gasteiger partial charge in [0, 0.05) is 12.8 Å². The van der Waals surface area contributed by atoms with Gasteiger partial charge < -0.3 is 20.1 Å². The van der Waals surface area contributed by atoms with Crippen molar-refractivity contribution in [3.63, 3.8) is 0 Å². The van der Waals surface area contributed by atoms with Crippen molar-refractivity contribution in [1.82, 2.24) is 10.6 Å². The first-order valence-corrected chi connectivity index (χ1v) is 11.2. The number of ether oxygens (including phenoxy) is 2. The van der Waals surface area contributed by atoms with Crippen LogP contribution in [0.3, 0.4) is 0 Å². The number of rotatable bonds is 9. The molecule has 0 bridgehead atoms. The van der Waals surface area contributed by atoms with Crippen LogP contribution in [0.25, 0.3) is 0 Å². The van der Waals surface area contributed by atoms with Crippen molar-refractivity contribution < 1.29 is 28.2 Å². The van der Waals surface area contributed by atoms with Crippen LogP contribution >= 0.6 is 0 Å². The summed E-state index contributed by atoms with van der Waals surface area (Å²) in [5.74, 6) is -1.59. The van der Waals surface area contributed by atoms with Crippen LogP contribution in [0, 0.1) is 5.82 Å². The highest BCUT2D eigenvalue weighted by atomic mass is 19.1. The topological polar surface area (TPSA) is 93.7 Å². The molecule has 0 aliphatic rings. The average Bonchev–Trinajstić information content (AvgIpc) is 2.73. The minimum Gasteiger partial charge on any atom is -0.461 e. The summed E-state index contributed by atoms with van der Waals surface area (Å²) in [6.45, 7) is 8.58. The van der Waals surface area contributed by atoms with Crippen molar-refractivity contribution in [3.8, 4) is 0 Å². The Morgan fingerprint density at radius 3 is 1.97 bits per heavy atom. The fraction of sp³-hybridized carbons (Fsp3) is 0.423. The summed E-state index contributed by atoms with van der Waals surface area (Å²) in [4.78, 5) is 38.4. The lowest BCUT2D eigenvalue weighted by Crippen LogP contribution is -2.54. The molecule has 0 spiro atoms. The predicted octanol–water partition coefficient (Wildman–Crippen LogP) is 3.94. The largest absolute Gasteiger partial charge is 0.461 e. The second-order valence-electron chi connectivity index (χ2n) is 9.27. The zero-order chi connectivity index (χ0) is 25.3. The van der Waals surface area contributed by atoms with Crippen LogP contribution in [-0.2, 0) is 31.9 Å². The molecule has 0 heterocycles. The molecule has 0 aliphatic carbocycles. The second-order valence-corrected chi connectivity index (χ2v) is 9.27. The van der Waals surface area contributed by atoms with Crippen LogP contribution in [0.1, 0.15) is 45.7 Å². The van der Waals surface area contributed by atoms with Crippen molar-refractivity contribution in [2.45, 2.75) is 71.2 Å². The molecule has 2 rings (SSSR count). The molecule has 2 atom stereocenters. The first-order valence-electron chi connectivity index (χ1n) is 11.2. The molecule has 184 valence electrons. The molecule has 2 unspecified atom stereocenters. The Labute approximate surface area is 200 Å². The molecule has 2 aromatic rings. The number of benzene rings is 2. The van der Waals surface area contributed by atoms with E-state index in [0.717, 1.165) is 5.56 Å². The first-order chi connectivity index (χ1) is 15.9. The normalized spacial score (nSPS) is 13.0. The average molecular weight is 473 g/mol. The Bertz CT molecular complexity index is 955. The maximum absolute atomic E-state index is 13.3. The predicted molar refractivity (Wildman–Crippen MR) is 127 cm³/mol. The van der Waals surface area contributed by atoms with Crippen molar-refractivity contribution >= 4 is 18.0 Å². The van der Waals surface area contributed by atoms with Crippen molar-refractivity contribution in [3.05, 3.63) is 71.5 Å². The highest BCUT2D eigenvalue weighted by Crippen LogP contribution is 2.11. The van der Waals surface area contributed by atoms with E-state index in [0.29, 0.717) is 5.56 Å². The van der Waals surface area contributed by atoms with E-state index in [1.165, 1.54) is 24.3 Å². The third-order valence-electron chi connectivity index (χ3n) is 4.60. The van der Waals surface area contributed by atoms with Gasteiger partial charge in [-0.05, 0) is 57.9 Å². The van der Waals surface area contributed by atoms with Gasteiger partial charge in [0.1, 0.15) is 23.5 Å². The van der Waals surface area contributed by atoms with Crippen LogP contribution in [0.2, 0.25) is 0 Å². The van der Waals surface area contributed by atoms with Crippen molar-refractivity contribution in [1.29, 1.82) is 0 Å². The van der Waals surface area contributed by atoms with Gasteiger partial charge >= 0.3 is 12.1 Å². The fourth-order valence-electron chi connectivity index (χ4n) is 3.15. The van der Waals surface area contributed by atoms with E-state index in [9.17, 15) is 18.8 Å². The Hall–Kier alpha value is -3.42. The van der Waals surface area contributed by atoms with Gasteiger partial charge in [-0.25, -0.2) is 14.0 Å². The molecule has 0 aromatic heterocycles. The van der Waals surface area contributed by atoms with Gasteiger partial charge in [-0.2, -0.15) is 0 Å². The highest BCUT2D eigenvalue weighted by molar-refractivity contribution is 5.90. The smallest absolute Gasteiger partial charge is 0.408 e. The number of carbonyl (C=O) groups excluding carboxylic acids is 3. The zero-order valence-electron chi connectivity index (χ0n) is 20.3. The lowest BCUT2D eigenvalue weighted by atomic mass is 10.0. The van der Waals surface area contributed by atoms with Crippen LogP contribution < -0.4 is 10.6 Å². The number of amides is 2. The lowest BCUT2D eigenvalue weighted by Gasteiger charge is -2.25. The molecule has 0 radical (unpaired) electrons. The number of nitrogens with one attached hydrogen (secondary N) is 2. The molecule has 0 fully saturated rings. The van der Waals surface area contributed by atoms with Gasteiger partial charge in [0.25, 0.3) is 0 Å². The summed E-state index contributed by atoms with van der Waals surface area (Å²) in [6.07, 6.45) is -0.847. The molecule has 0 saturated heterocycles. The third kappa shape index (κ3) is 9.60. The van der Waals surface area contributed by atoms with Crippen molar-refractivity contribution in [2.24, 2.45) is 0 Å². The SMILES string of the molecule is CC(C)OC(=O)C(Cc1ccc(F)cc1)NC(=O)C(Cc1ccccc1)NC(=O)OC(C)(C)C. The summed E-state index contributed by atoms with van der Waals surface area (Å²) >= 11 is 0. The zero-order valence-corrected chi connectivity index (χ0v) is 20.3. The number of carbonyl (C=O) groups is 3. The van der Waals surface area contributed by atoms with E-state index in [1.54, 1.807) is 34.6 Å². The van der Waals surface area contributed by atoms with Crippen molar-refractivity contribution in [2.75, 3.05) is 0 Å². The van der Waals surface area contributed by atoms with Crippen LogP contribution in [0.5, 0.6) is 0 Å². The monoisotopic (exact) mass is 472 g/mol. The number of hydrogen-bond donors (Lipinski definition) is 2. The maximum Gasteiger partial charge on any atom is 0.408 e. The number of halogens is 1. The first kappa shape index (κ1) is 26.8. The van der Waals surface area contributed by atoms with Crippen LogP contribution in [0.4, 0.5) is 9.18 Å². The Morgan fingerprint density at radius 1 is 0.853 bits per heavy atom. The number of hydrogen-bond acceptors (Lipinski definition) is 5. The Morgan fingerprint density at radius 2 is 1.41 bits per heavy atom. The minimum atomic E-state index is -1.03. The molecule has 2 amide bonds. The summed E-state index contributed by atoms with van der Waals surface area (Å²) < 4.78 is 23.9. The van der Waals surface area contributed by atoms with Crippen LogP contribution in [0.15, 0.2) is 54.6 Å². The van der Waals surface area contributed by atoms with Gasteiger partial charge in [0.15, 0.2) is 0 Å². The quantitative estimate of drug-likeness (QED) is 0.539. The number of alkyl carbamates (subject to hydrolysis) is 1. The van der Waals surface area contributed by atoms with E-state index >= 15 is 0 Å². The lowest BCUT2D eigenvalue weighted by molar-refractivity contribution is -0.151. The number of esters is 1. The molecule has 0 aliphatic heterocycles. The second kappa shape index (κ2) is 12.2. The molecule has 0 saturated carbocycles. The van der Waals surface area contributed by atoms with E-state index < -0.39 is 41.5 Å². The van der Waals surface area contributed by atoms with Gasteiger partial charge in [-0.3, -0.25) is 4.79 Å². The highest BCUT2D eigenvalue weighted by Gasteiger charge is 2.30. The molecule has 8 heteroatoms. The van der Waals surface area contributed by atoms with E-state index in [2.05, 4.69) is 10.6 Å². The molecular weight excluding hydrogens is 439 g/mol. The van der Waals surface area contributed by atoms with Gasteiger partial charge in [0.2, 0.25) is 5.91 Å². The van der Waals surface area contributed by atoms with E-state index in [4.69, 9.17) is 9.47 Å². The van der Waals surface area contributed by atoms with Gasteiger partial charge in [-0.1, -0.05) is 42.5 Å². The van der Waals surface area contributed by atoms with Crippen LogP contribution in [-0.4, -0.2) is 41.8 Å². The van der Waals surface area contributed by atoms with E-state index in [-0.39, 0.29) is 18.9 Å². The van der Waals surface area contributed by atoms with Gasteiger partial charge in [0.05, 0.1) is 6.10 Å². The molecular formula is C26H33FN2O5. The summed E-state index contributed by atoms with van der Waals surface area (Å²) in [7, 11) is 0. The summed E-state index contributed by atoms with van der Waals surface area (Å²) in [5.41, 5.74) is 0.718. The maximum atomic E-state index is 13.3.